The minimum absolute atomic E-state index is 0.278. The normalized spacial score (nSPS) is 20.1. The molecule has 0 aromatic carbocycles. The number of hydrogen-bond donors (Lipinski definition) is 1. The quantitative estimate of drug-likeness (QED) is 0.773. The van der Waals surface area contributed by atoms with Gasteiger partial charge in [-0.1, -0.05) is 20.3 Å². The second-order valence-corrected chi connectivity index (χ2v) is 5.47. The summed E-state index contributed by atoms with van der Waals surface area (Å²) in [5.41, 5.74) is 0. The molecule has 17 heavy (non-hydrogen) atoms. The molecule has 0 bridgehead atoms. The molecule has 3 nitrogen and oxygen atoms in total. The molecule has 1 N–H and O–H groups in total. The number of hydrogen-bond acceptors (Lipinski definition) is 2. The van der Waals surface area contributed by atoms with Crippen molar-refractivity contribution < 1.29 is 4.79 Å². The standard InChI is InChI=1S/C14H28N2O/c1-4-12(2)10-13(3)15-11-14(17)16-8-6-5-7-9-16/h12-13,15H,4-11H2,1-3H3. The Hall–Kier alpha value is -0.570. The molecule has 2 atom stereocenters. The van der Waals surface area contributed by atoms with Crippen LogP contribution < -0.4 is 5.32 Å². The van der Waals surface area contributed by atoms with Crippen molar-refractivity contribution in [2.75, 3.05) is 19.6 Å². The summed E-state index contributed by atoms with van der Waals surface area (Å²) in [4.78, 5) is 13.9. The van der Waals surface area contributed by atoms with Crippen molar-refractivity contribution in [2.45, 2.75) is 58.9 Å². The van der Waals surface area contributed by atoms with Crippen LogP contribution in [0, 0.1) is 5.92 Å². The topological polar surface area (TPSA) is 32.3 Å². The summed E-state index contributed by atoms with van der Waals surface area (Å²) in [5, 5.41) is 3.35. The molecule has 100 valence electrons. The Morgan fingerprint density at radius 3 is 2.47 bits per heavy atom. The SMILES string of the molecule is CCC(C)CC(C)NCC(=O)N1CCCCC1. The summed E-state index contributed by atoms with van der Waals surface area (Å²) >= 11 is 0. The van der Waals surface area contributed by atoms with Gasteiger partial charge in [0, 0.05) is 19.1 Å². The lowest BCUT2D eigenvalue weighted by Gasteiger charge is -2.27. The van der Waals surface area contributed by atoms with Crippen LogP contribution >= 0.6 is 0 Å². The average molecular weight is 240 g/mol. The van der Waals surface area contributed by atoms with Crippen LogP contribution in [0.1, 0.15) is 52.9 Å². The predicted octanol–water partition coefficient (Wildman–Crippen LogP) is 2.41. The highest BCUT2D eigenvalue weighted by Crippen LogP contribution is 2.10. The van der Waals surface area contributed by atoms with E-state index in [-0.39, 0.29) is 5.91 Å². The van der Waals surface area contributed by atoms with Gasteiger partial charge in [-0.15, -0.1) is 0 Å². The van der Waals surface area contributed by atoms with E-state index in [0.29, 0.717) is 12.6 Å². The molecule has 1 aliphatic heterocycles. The second-order valence-electron chi connectivity index (χ2n) is 5.47. The summed E-state index contributed by atoms with van der Waals surface area (Å²) in [7, 11) is 0. The predicted molar refractivity (Wildman–Crippen MR) is 72.0 cm³/mol. The first-order chi connectivity index (χ1) is 8.13. The molecule has 0 saturated carbocycles. The first kappa shape index (κ1) is 14.5. The Morgan fingerprint density at radius 2 is 1.88 bits per heavy atom. The minimum Gasteiger partial charge on any atom is -0.342 e. The highest BCUT2D eigenvalue weighted by atomic mass is 16.2. The summed E-state index contributed by atoms with van der Waals surface area (Å²) in [6.07, 6.45) is 6.00. The maximum atomic E-state index is 11.9. The van der Waals surface area contributed by atoms with E-state index in [2.05, 4.69) is 26.1 Å². The molecule has 1 amide bonds. The molecule has 0 aromatic rings. The fraction of sp³-hybridized carbons (Fsp3) is 0.929. The largest absolute Gasteiger partial charge is 0.342 e. The Bertz CT molecular complexity index is 224. The van der Waals surface area contributed by atoms with Crippen molar-refractivity contribution in [1.29, 1.82) is 0 Å². The third kappa shape index (κ3) is 5.53. The zero-order chi connectivity index (χ0) is 12.7. The lowest BCUT2D eigenvalue weighted by molar-refractivity contribution is -0.131. The van der Waals surface area contributed by atoms with Gasteiger partial charge in [-0.05, 0) is 38.5 Å². The van der Waals surface area contributed by atoms with Gasteiger partial charge in [0.1, 0.15) is 0 Å². The monoisotopic (exact) mass is 240 g/mol. The minimum atomic E-state index is 0.278. The molecule has 2 unspecified atom stereocenters. The van der Waals surface area contributed by atoms with E-state index in [1.165, 1.54) is 25.7 Å². The number of likely N-dealkylation sites (tertiary alicyclic amines) is 1. The fourth-order valence-electron chi connectivity index (χ4n) is 2.37. The van der Waals surface area contributed by atoms with Crippen LogP contribution in [0.5, 0.6) is 0 Å². The van der Waals surface area contributed by atoms with Crippen LogP contribution in [0.4, 0.5) is 0 Å². The molecule has 0 spiro atoms. The number of amides is 1. The average Bonchev–Trinajstić information content (AvgIpc) is 2.36. The van der Waals surface area contributed by atoms with E-state index in [9.17, 15) is 4.79 Å². The molecule has 0 aliphatic carbocycles. The second kappa shape index (κ2) is 7.70. The van der Waals surface area contributed by atoms with E-state index in [4.69, 9.17) is 0 Å². The van der Waals surface area contributed by atoms with Gasteiger partial charge in [0.2, 0.25) is 5.91 Å². The number of carbonyl (C=O) groups excluding carboxylic acids is 1. The molecule has 1 aliphatic rings. The third-order valence-corrected chi connectivity index (χ3v) is 3.76. The maximum Gasteiger partial charge on any atom is 0.236 e. The molecule has 1 rings (SSSR count). The Kier molecular flexibility index (Phi) is 6.56. The van der Waals surface area contributed by atoms with Crippen LogP contribution in [-0.2, 0) is 4.79 Å². The van der Waals surface area contributed by atoms with Crippen molar-refractivity contribution in [1.82, 2.24) is 10.2 Å². The number of piperidine rings is 1. The van der Waals surface area contributed by atoms with Crippen LogP contribution in [0.3, 0.4) is 0 Å². The molecule has 3 heteroatoms. The third-order valence-electron chi connectivity index (χ3n) is 3.76. The molecule has 0 radical (unpaired) electrons. The van der Waals surface area contributed by atoms with Crippen molar-refractivity contribution in [3.8, 4) is 0 Å². The van der Waals surface area contributed by atoms with Crippen LogP contribution in [0.25, 0.3) is 0 Å². The summed E-state index contributed by atoms with van der Waals surface area (Å²) in [6.45, 7) is 9.09. The summed E-state index contributed by atoms with van der Waals surface area (Å²) in [5.74, 6) is 1.02. The maximum absolute atomic E-state index is 11.9. The van der Waals surface area contributed by atoms with Gasteiger partial charge in [-0.3, -0.25) is 4.79 Å². The van der Waals surface area contributed by atoms with Crippen molar-refractivity contribution in [3.63, 3.8) is 0 Å². The van der Waals surface area contributed by atoms with Crippen LogP contribution in [0.15, 0.2) is 0 Å². The molecule has 1 heterocycles. The number of rotatable bonds is 6. The highest BCUT2D eigenvalue weighted by Gasteiger charge is 2.16. The van der Waals surface area contributed by atoms with Gasteiger partial charge in [0.15, 0.2) is 0 Å². The van der Waals surface area contributed by atoms with E-state index >= 15 is 0 Å². The van der Waals surface area contributed by atoms with E-state index in [1.807, 2.05) is 4.90 Å². The van der Waals surface area contributed by atoms with Crippen molar-refractivity contribution in [3.05, 3.63) is 0 Å². The zero-order valence-corrected chi connectivity index (χ0v) is 11.7. The Balaban J connectivity index is 2.18. The molecule has 1 fully saturated rings. The molecule has 0 aromatic heterocycles. The van der Waals surface area contributed by atoms with E-state index < -0.39 is 0 Å². The zero-order valence-electron chi connectivity index (χ0n) is 11.7. The number of carbonyl (C=O) groups is 1. The smallest absolute Gasteiger partial charge is 0.236 e. The van der Waals surface area contributed by atoms with Gasteiger partial charge < -0.3 is 10.2 Å². The lowest BCUT2D eigenvalue weighted by atomic mass is 10.0. The van der Waals surface area contributed by atoms with Crippen molar-refractivity contribution >= 4 is 5.91 Å². The Labute approximate surface area is 106 Å². The van der Waals surface area contributed by atoms with Gasteiger partial charge in [-0.2, -0.15) is 0 Å². The molecular weight excluding hydrogens is 212 g/mol. The fourth-order valence-corrected chi connectivity index (χ4v) is 2.37. The highest BCUT2D eigenvalue weighted by molar-refractivity contribution is 5.78. The molecule has 1 saturated heterocycles. The van der Waals surface area contributed by atoms with Gasteiger partial charge in [0.05, 0.1) is 6.54 Å². The first-order valence-electron chi connectivity index (χ1n) is 7.14. The van der Waals surface area contributed by atoms with E-state index in [0.717, 1.165) is 25.4 Å². The number of nitrogens with one attached hydrogen (secondary N) is 1. The summed E-state index contributed by atoms with van der Waals surface area (Å²) in [6, 6.07) is 0.443. The van der Waals surface area contributed by atoms with Gasteiger partial charge in [-0.25, -0.2) is 0 Å². The van der Waals surface area contributed by atoms with Crippen LogP contribution in [0.2, 0.25) is 0 Å². The number of nitrogens with zero attached hydrogens (tertiary/aromatic N) is 1. The first-order valence-corrected chi connectivity index (χ1v) is 7.14. The Morgan fingerprint density at radius 1 is 1.24 bits per heavy atom. The summed E-state index contributed by atoms with van der Waals surface area (Å²) < 4.78 is 0. The van der Waals surface area contributed by atoms with Crippen LogP contribution in [-0.4, -0.2) is 36.5 Å². The van der Waals surface area contributed by atoms with Crippen molar-refractivity contribution in [2.24, 2.45) is 5.92 Å². The van der Waals surface area contributed by atoms with E-state index in [1.54, 1.807) is 0 Å². The van der Waals surface area contributed by atoms with Gasteiger partial charge in [0.25, 0.3) is 0 Å². The lowest BCUT2D eigenvalue weighted by Crippen LogP contribution is -2.43. The molecular formula is C14H28N2O. The van der Waals surface area contributed by atoms with Gasteiger partial charge >= 0.3 is 0 Å².